The van der Waals surface area contributed by atoms with Crippen molar-refractivity contribution in [3.8, 4) is 5.75 Å². The minimum Gasteiger partial charge on any atom is -0.497 e. The van der Waals surface area contributed by atoms with Crippen LogP contribution < -0.4 is 10.1 Å². The van der Waals surface area contributed by atoms with Gasteiger partial charge in [-0.15, -0.1) is 0 Å². The monoisotopic (exact) mass is 330 g/mol. The van der Waals surface area contributed by atoms with Crippen molar-refractivity contribution in [2.24, 2.45) is 0 Å². The third-order valence-electron chi connectivity index (χ3n) is 3.70. The fourth-order valence-electron chi connectivity index (χ4n) is 2.61. The Hall–Kier alpha value is -2.04. The van der Waals surface area contributed by atoms with E-state index in [1.807, 2.05) is 43.3 Å². The van der Waals surface area contributed by atoms with Crippen LogP contribution in [0.5, 0.6) is 5.75 Å². The van der Waals surface area contributed by atoms with Crippen molar-refractivity contribution in [3.05, 3.63) is 41.4 Å². The SMILES string of the molecule is CCOCCNc1c2ccc(Cl)cc2nc2ccc(OC)cc12. The van der Waals surface area contributed by atoms with Gasteiger partial charge in [-0.1, -0.05) is 11.6 Å². The third-order valence-corrected chi connectivity index (χ3v) is 3.93. The summed E-state index contributed by atoms with van der Waals surface area (Å²) >= 11 is 6.12. The van der Waals surface area contributed by atoms with Gasteiger partial charge in [0.05, 0.1) is 30.4 Å². The molecule has 0 aliphatic rings. The van der Waals surface area contributed by atoms with E-state index in [1.165, 1.54) is 0 Å². The lowest BCUT2D eigenvalue weighted by Crippen LogP contribution is -2.10. The van der Waals surface area contributed by atoms with Crippen LogP contribution in [0.1, 0.15) is 6.92 Å². The molecule has 2 aromatic carbocycles. The Kier molecular flexibility index (Phi) is 4.84. The summed E-state index contributed by atoms with van der Waals surface area (Å²) in [5, 5.41) is 6.21. The van der Waals surface area contributed by atoms with Gasteiger partial charge in [0.15, 0.2) is 0 Å². The van der Waals surface area contributed by atoms with Crippen molar-refractivity contribution in [1.82, 2.24) is 4.98 Å². The fourth-order valence-corrected chi connectivity index (χ4v) is 2.77. The molecule has 0 saturated carbocycles. The van der Waals surface area contributed by atoms with Gasteiger partial charge in [0, 0.05) is 28.9 Å². The molecule has 0 bridgehead atoms. The molecule has 4 nitrogen and oxygen atoms in total. The van der Waals surface area contributed by atoms with Gasteiger partial charge in [0.1, 0.15) is 5.75 Å². The molecule has 0 fully saturated rings. The summed E-state index contributed by atoms with van der Waals surface area (Å²) in [5.74, 6) is 0.806. The molecule has 5 heteroatoms. The maximum atomic E-state index is 6.12. The topological polar surface area (TPSA) is 43.4 Å². The number of nitrogens with one attached hydrogen (secondary N) is 1. The lowest BCUT2D eigenvalue weighted by Gasteiger charge is -2.14. The molecule has 0 aliphatic heterocycles. The lowest BCUT2D eigenvalue weighted by atomic mass is 10.1. The zero-order valence-corrected chi connectivity index (χ0v) is 14.0. The Bertz CT molecular complexity index is 836. The molecule has 0 aliphatic carbocycles. The van der Waals surface area contributed by atoms with Gasteiger partial charge in [0.2, 0.25) is 0 Å². The Labute approximate surface area is 140 Å². The minimum absolute atomic E-state index is 0.652. The van der Waals surface area contributed by atoms with Crippen LogP contribution in [-0.4, -0.2) is 31.9 Å². The molecule has 0 unspecified atom stereocenters. The lowest BCUT2D eigenvalue weighted by molar-refractivity contribution is 0.158. The Morgan fingerprint density at radius 1 is 1.09 bits per heavy atom. The van der Waals surface area contributed by atoms with E-state index >= 15 is 0 Å². The van der Waals surface area contributed by atoms with Gasteiger partial charge in [-0.3, -0.25) is 0 Å². The zero-order valence-electron chi connectivity index (χ0n) is 13.2. The number of anilines is 1. The van der Waals surface area contributed by atoms with Crippen LogP contribution in [0.15, 0.2) is 36.4 Å². The summed E-state index contributed by atoms with van der Waals surface area (Å²) in [7, 11) is 1.66. The van der Waals surface area contributed by atoms with Crippen LogP contribution in [0.25, 0.3) is 21.8 Å². The van der Waals surface area contributed by atoms with Crippen molar-refractivity contribution in [2.45, 2.75) is 6.92 Å². The molecular formula is C18H19ClN2O2. The number of fused-ring (bicyclic) bond motifs is 2. The largest absolute Gasteiger partial charge is 0.497 e. The van der Waals surface area contributed by atoms with E-state index < -0.39 is 0 Å². The van der Waals surface area contributed by atoms with E-state index in [1.54, 1.807) is 7.11 Å². The van der Waals surface area contributed by atoms with Crippen LogP contribution in [-0.2, 0) is 4.74 Å². The highest BCUT2D eigenvalue weighted by Gasteiger charge is 2.10. The number of hydrogen-bond acceptors (Lipinski definition) is 4. The van der Waals surface area contributed by atoms with Gasteiger partial charge in [-0.2, -0.15) is 0 Å². The van der Waals surface area contributed by atoms with Crippen molar-refractivity contribution in [2.75, 3.05) is 32.2 Å². The normalized spacial score (nSPS) is 11.1. The molecule has 1 N–H and O–H groups in total. The van der Waals surface area contributed by atoms with E-state index in [0.717, 1.165) is 39.8 Å². The standard InChI is InChI=1S/C18H19ClN2O2/c1-3-23-9-8-20-18-14-6-4-12(19)10-17(14)21-16-7-5-13(22-2)11-15(16)18/h4-7,10-11H,3,8-9H2,1-2H3,(H,20,21). The highest BCUT2D eigenvalue weighted by molar-refractivity contribution is 6.31. The van der Waals surface area contributed by atoms with Crippen molar-refractivity contribution in [1.29, 1.82) is 0 Å². The number of aromatic nitrogens is 1. The van der Waals surface area contributed by atoms with E-state index in [4.69, 9.17) is 26.1 Å². The predicted octanol–water partition coefficient (Wildman–Crippen LogP) is 4.50. The van der Waals surface area contributed by atoms with Crippen LogP contribution in [0, 0.1) is 0 Å². The maximum Gasteiger partial charge on any atom is 0.119 e. The molecular weight excluding hydrogens is 312 g/mol. The van der Waals surface area contributed by atoms with Crippen molar-refractivity contribution >= 4 is 39.1 Å². The first-order valence-electron chi connectivity index (χ1n) is 7.61. The molecule has 0 saturated heterocycles. The molecule has 120 valence electrons. The van der Waals surface area contributed by atoms with Gasteiger partial charge in [0.25, 0.3) is 0 Å². The summed E-state index contributed by atoms with van der Waals surface area (Å²) in [6, 6.07) is 11.6. The number of pyridine rings is 1. The quantitative estimate of drug-likeness (QED) is 0.534. The smallest absolute Gasteiger partial charge is 0.119 e. The number of rotatable bonds is 6. The first-order chi connectivity index (χ1) is 11.2. The molecule has 23 heavy (non-hydrogen) atoms. The Morgan fingerprint density at radius 2 is 1.96 bits per heavy atom. The maximum absolute atomic E-state index is 6.12. The Morgan fingerprint density at radius 3 is 2.74 bits per heavy atom. The predicted molar refractivity (Wildman–Crippen MR) is 95.8 cm³/mol. The van der Waals surface area contributed by atoms with Crippen LogP contribution in [0.4, 0.5) is 5.69 Å². The van der Waals surface area contributed by atoms with Crippen LogP contribution in [0.3, 0.4) is 0 Å². The van der Waals surface area contributed by atoms with Crippen molar-refractivity contribution in [3.63, 3.8) is 0 Å². The molecule has 0 atom stereocenters. The first-order valence-corrected chi connectivity index (χ1v) is 7.99. The van der Waals surface area contributed by atoms with Gasteiger partial charge >= 0.3 is 0 Å². The molecule has 1 aromatic heterocycles. The molecule has 1 heterocycles. The number of nitrogens with zero attached hydrogens (tertiary/aromatic N) is 1. The molecule has 3 aromatic rings. The minimum atomic E-state index is 0.652. The zero-order chi connectivity index (χ0) is 16.2. The number of benzene rings is 2. The van der Waals surface area contributed by atoms with Gasteiger partial charge < -0.3 is 14.8 Å². The summed E-state index contributed by atoms with van der Waals surface area (Å²) in [5.41, 5.74) is 2.80. The molecule has 0 spiro atoms. The second-order valence-corrected chi connectivity index (χ2v) is 5.59. The first kappa shape index (κ1) is 15.8. The van der Waals surface area contributed by atoms with Crippen LogP contribution in [0.2, 0.25) is 5.02 Å². The number of ether oxygens (including phenoxy) is 2. The van der Waals surface area contributed by atoms with Crippen LogP contribution >= 0.6 is 11.6 Å². The number of methoxy groups -OCH3 is 1. The second kappa shape index (κ2) is 7.02. The Balaban J connectivity index is 2.14. The summed E-state index contributed by atoms with van der Waals surface area (Å²) < 4.78 is 10.8. The third kappa shape index (κ3) is 3.33. The highest BCUT2D eigenvalue weighted by Crippen LogP contribution is 2.34. The van der Waals surface area contributed by atoms with E-state index in [9.17, 15) is 0 Å². The van der Waals surface area contributed by atoms with E-state index in [-0.39, 0.29) is 0 Å². The highest BCUT2D eigenvalue weighted by atomic mass is 35.5. The van der Waals surface area contributed by atoms with E-state index in [0.29, 0.717) is 18.2 Å². The van der Waals surface area contributed by atoms with E-state index in [2.05, 4.69) is 5.32 Å². The fraction of sp³-hybridized carbons (Fsp3) is 0.278. The van der Waals surface area contributed by atoms with Gasteiger partial charge in [-0.25, -0.2) is 4.98 Å². The molecule has 0 amide bonds. The summed E-state index contributed by atoms with van der Waals surface area (Å²) in [6.45, 7) is 4.08. The number of hydrogen-bond donors (Lipinski definition) is 1. The molecule has 3 rings (SSSR count). The summed E-state index contributed by atoms with van der Waals surface area (Å²) in [4.78, 5) is 4.71. The van der Waals surface area contributed by atoms with Gasteiger partial charge in [-0.05, 0) is 43.3 Å². The summed E-state index contributed by atoms with van der Waals surface area (Å²) in [6.07, 6.45) is 0. The number of halogens is 1. The second-order valence-electron chi connectivity index (χ2n) is 5.16. The molecule has 0 radical (unpaired) electrons. The van der Waals surface area contributed by atoms with Crippen molar-refractivity contribution < 1.29 is 9.47 Å². The average molecular weight is 331 g/mol. The average Bonchev–Trinajstić information content (AvgIpc) is 2.57.